The number of methoxy groups -OCH3 is 1. The Morgan fingerprint density at radius 1 is 1.50 bits per heavy atom. The molecule has 0 spiro atoms. The van der Waals surface area contributed by atoms with E-state index in [0.29, 0.717) is 10.6 Å². The molecule has 0 fully saturated rings. The van der Waals surface area contributed by atoms with Gasteiger partial charge in [-0.05, 0) is 17.9 Å². The second kappa shape index (κ2) is 4.23. The van der Waals surface area contributed by atoms with E-state index >= 15 is 0 Å². The summed E-state index contributed by atoms with van der Waals surface area (Å²) in [6, 6.07) is 0. The minimum Gasteiger partial charge on any atom is -0.465 e. The number of hydrogen-bond donors (Lipinski definition) is 1. The maximum Gasteiger partial charge on any atom is 0.341 e. The van der Waals surface area contributed by atoms with Gasteiger partial charge in [0.25, 0.3) is 0 Å². The molecule has 0 radical (unpaired) electrons. The van der Waals surface area contributed by atoms with Gasteiger partial charge in [0, 0.05) is 6.92 Å². The van der Waals surface area contributed by atoms with Crippen molar-refractivity contribution in [3.63, 3.8) is 0 Å². The Kier molecular flexibility index (Phi) is 3.24. The third-order valence-electron chi connectivity index (χ3n) is 1.65. The number of nitrogens with one attached hydrogen (secondary N) is 1. The Bertz CT molecular complexity index is 370. The van der Waals surface area contributed by atoms with Crippen molar-refractivity contribution in [2.45, 2.75) is 13.8 Å². The van der Waals surface area contributed by atoms with E-state index in [2.05, 4.69) is 10.1 Å². The topological polar surface area (TPSA) is 55.4 Å². The standard InChI is InChI=1S/C9H11NO3S/c1-5-4-14-8(10-6(2)11)7(5)9(12)13-3/h4H,1-3H3,(H,10,11). The van der Waals surface area contributed by atoms with Crippen LogP contribution in [0, 0.1) is 6.92 Å². The number of amides is 1. The monoisotopic (exact) mass is 213 g/mol. The second-order valence-corrected chi connectivity index (χ2v) is 3.68. The predicted molar refractivity (Wildman–Crippen MR) is 54.7 cm³/mol. The molecule has 0 aliphatic heterocycles. The Hall–Kier alpha value is -1.36. The van der Waals surface area contributed by atoms with Crippen LogP contribution in [0.1, 0.15) is 22.8 Å². The first-order valence-electron chi connectivity index (χ1n) is 4.00. The Morgan fingerprint density at radius 2 is 2.14 bits per heavy atom. The van der Waals surface area contributed by atoms with Gasteiger partial charge in [-0.3, -0.25) is 4.79 Å². The zero-order valence-electron chi connectivity index (χ0n) is 8.21. The molecule has 14 heavy (non-hydrogen) atoms. The first-order chi connectivity index (χ1) is 6.56. The summed E-state index contributed by atoms with van der Waals surface area (Å²) < 4.78 is 4.61. The van der Waals surface area contributed by atoms with Gasteiger partial charge < -0.3 is 10.1 Å². The van der Waals surface area contributed by atoms with Gasteiger partial charge in [-0.15, -0.1) is 11.3 Å². The molecule has 0 aliphatic rings. The fraction of sp³-hybridized carbons (Fsp3) is 0.333. The highest BCUT2D eigenvalue weighted by molar-refractivity contribution is 7.15. The van der Waals surface area contributed by atoms with E-state index in [4.69, 9.17) is 0 Å². The fourth-order valence-corrected chi connectivity index (χ4v) is 2.03. The summed E-state index contributed by atoms with van der Waals surface area (Å²) in [5.74, 6) is -0.621. The molecule has 0 saturated carbocycles. The van der Waals surface area contributed by atoms with E-state index in [1.54, 1.807) is 12.3 Å². The smallest absolute Gasteiger partial charge is 0.341 e. The highest BCUT2D eigenvalue weighted by atomic mass is 32.1. The molecular formula is C9H11NO3S. The normalized spacial score (nSPS) is 9.64. The van der Waals surface area contributed by atoms with E-state index < -0.39 is 5.97 Å². The number of hydrogen-bond acceptors (Lipinski definition) is 4. The molecule has 1 rings (SSSR count). The minimum atomic E-state index is -0.424. The van der Waals surface area contributed by atoms with Gasteiger partial charge in [-0.25, -0.2) is 4.79 Å². The summed E-state index contributed by atoms with van der Waals surface area (Å²) in [4.78, 5) is 22.2. The molecule has 76 valence electrons. The van der Waals surface area contributed by atoms with Crippen LogP contribution in [-0.2, 0) is 9.53 Å². The molecular weight excluding hydrogens is 202 g/mol. The van der Waals surface area contributed by atoms with E-state index in [1.807, 2.05) is 0 Å². The van der Waals surface area contributed by atoms with Gasteiger partial charge in [-0.1, -0.05) is 0 Å². The van der Waals surface area contributed by atoms with Gasteiger partial charge in [-0.2, -0.15) is 0 Å². The van der Waals surface area contributed by atoms with Crippen LogP contribution in [0.5, 0.6) is 0 Å². The van der Waals surface area contributed by atoms with Crippen LogP contribution in [0.15, 0.2) is 5.38 Å². The first kappa shape index (κ1) is 10.7. The molecule has 0 atom stereocenters. The van der Waals surface area contributed by atoms with Crippen molar-refractivity contribution in [2.24, 2.45) is 0 Å². The van der Waals surface area contributed by atoms with E-state index in [-0.39, 0.29) is 5.91 Å². The van der Waals surface area contributed by atoms with Crippen LogP contribution >= 0.6 is 11.3 Å². The molecule has 0 unspecified atom stereocenters. The lowest BCUT2D eigenvalue weighted by Gasteiger charge is -2.03. The van der Waals surface area contributed by atoms with E-state index in [9.17, 15) is 9.59 Å². The Morgan fingerprint density at radius 3 is 2.64 bits per heavy atom. The molecule has 1 heterocycles. The summed E-state index contributed by atoms with van der Waals surface area (Å²) >= 11 is 1.32. The van der Waals surface area contributed by atoms with Crippen LogP contribution in [0.2, 0.25) is 0 Å². The van der Waals surface area contributed by atoms with Crippen molar-refractivity contribution in [2.75, 3.05) is 12.4 Å². The number of thiophene rings is 1. The quantitative estimate of drug-likeness (QED) is 0.762. The SMILES string of the molecule is COC(=O)c1c(C)csc1NC(C)=O. The molecule has 1 N–H and O–H groups in total. The zero-order chi connectivity index (χ0) is 10.7. The molecule has 1 aromatic rings. The maximum absolute atomic E-state index is 11.3. The van der Waals surface area contributed by atoms with Gasteiger partial charge in [0.1, 0.15) is 5.00 Å². The summed E-state index contributed by atoms with van der Waals surface area (Å²) in [6.45, 7) is 3.20. The molecule has 0 bridgehead atoms. The minimum absolute atomic E-state index is 0.197. The van der Waals surface area contributed by atoms with Crippen molar-refractivity contribution < 1.29 is 14.3 Å². The molecule has 0 aliphatic carbocycles. The third-order valence-corrected chi connectivity index (χ3v) is 2.67. The number of aryl methyl sites for hydroxylation is 1. The van der Waals surface area contributed by atoms with Crippen LogP contribution in [0.3, 0.4) is 0 Å². The summed E-state index contributed by atoms with van der Waals surface area (Å²) in [6.07, 6.45) is 0. The van der Waals surface area contributed by atoms with Crippen LogP contribution < -0.4 is 5.32 Å². The maximum atomic E-state index is 11.3. The van der Waals surface area contributed by atoms with Crippen molar-refractivity contribution >= 4 is 28.2 Å². The fourth-order valence-electron chi connectivity index (χ4n) is 1.05. The van der Waals surface area contributed by atoms with E-state index in [0.717, 1.165) is 5.56 Å². The molecule has 4 nitrogen and oxygen atoms in total. The van der Waals surface area contributed by atoms with Gasteiger partial charge in [0.15, 0.2) is 0 Å². The van der Waals surface area contributed by atoms with Gasteiger partial charge in [0.2, 0.25) is 5.91 Å². The average molecular weight is 213 g/mol. The van der Waals surface area contributed by atoms with Crippen molar-refractivity contribution in [1.29, 1.82) is 0 Å². The summed E-state index contributed by atoms with van der Waals surface area (Å²) in [5, 5.41) is 4.93. The van der Waals surface area contributed by atoms with Crippen LogP contribution in [-0.4, -0.2) is 19.0 Å². The number of esters is 1. The van der Waals surface area contributed by atoms with Gasteiger partial charge in [0.05, 0.1) is 12.7 Å². The van der Waals surface area contributed by atoms with Crippen LogP contribution in [0.25, 0.3) is 0 Å². The zero-order valence-corrected chi connectivity index (χ0v) is 9.03. The lowest BCUT2D eigenvalue weighted by Crippen LogP contribution is -2.10. The average Bonchev–Trinajstić information content (AvgIpc) is 2.45. The lowest BCUT2D eigenvalue weighted by atomic mass is 10.2. The van der Waals surface area contributed by atoms with Crippen molar-refractivity contribution in [3.05, 3.63) is 16.5 Å². The molecule has 0 aromatic carbocycles. The number of ether oxygens (including phenoxy) is 1. The van der Waals surface area contributed by atoms with Crippen molar-refractivity contribution in [1.82, 2.24) is 0 Å². The highest BCUT2D eigenvalue weighted by Crippen LogP contribution is 2.28. The van der Waals surface area contributed by atoms with Crippen molar-refractivity contribution in [3.8, 4) is 0 Å². The molecule has 5 heteroatoms. The lowest BCUT2D eigenvalue weighted by molar-refractivity contribution is -0.114. The largest absolute Gasteiger partial charge is 0.465 e. The van der Waals surface area contributed by atoms with Gasteiger partial charge >= 0.3 is 5.97 Å². The van der Waals surface area contributed by atoms with Crippen LogP contribution in [0.4, 0.5) is 5.00 Å². The Labute approximate surface area is 85.9 Å². The third kappa shape index (κ3) is 2.11. The predicted octanol–water partition coefficient (Wildman–Crippen LogP) is 1.80. The number of carbonyl (C=O) groups excluding carboxylic acids is 2. The number of rotatable bonds is 2. The Balaban J connectivity index is 3.05. The molecule has 1 aromatic heterocycles. The van der Waals surface area contributed by atoms with E-state index in [1.165, 1.54) is 25.4 Å². The highest BCUT2D eigenvalue weighted by Gasteiger charge is 2.17. The molecule has 0 saturated heterocycles. The first-order valence-corrected chi connectivity index (χ1v) is 4.88. The summed E-state index contributed by atoms with van der Waals surface area (Å²) in [7, 11) is 1.32. The number of anilines is 1. The molecule has 1 amide bonds. The number of carbonyl (C=O) groups is 2. The summed E-state index contributed by atoms with van der Waals surface area (Å²) in [5.41, 5.74) is 1.25. The second-order valence-electron chi connectivity index (χ2n) is 2.80.